The molecule has 0 amide bonds. The van der Waals surface area contributed by atoms with E-state index in [0.717, 1.165) is 94.2 Å². The van der Waals surface area contributed by atoms with Crippen molar-refractivity contribution in [2.45, 2.75) is 337 Å². The molecule has 0 aromatic heterocycles. The zero-order chi connectivity index (χ0) is 84.1. The first kappa shape index (κ1) is 99.6. The molecule has 0 fully saturated rings. The van der Waals surface area contributed by atoms with Crippen molar-refractivity contribution in [3.63, 3.8) is 0 Å². The highest BCUT2D eigenvalue weighted by Gasteiger charge is 2.59. The first-order chi connectivity index (χ1) is 49.0. The number of rotatable bonds is 25. The Kier molecular flexibility index (Phi) is 37.1. The summed E-state index contributed by atoms with van der Waals surface area (Å²) < 4.78 is 203. The predicted molar refractivity (Wildman–Crippen MR) is 406 cm³/mol. The van der Waals surface area contributed by atoms with Crippen LogP contribution in [0.2, 0.25) is 0 Å². The van der Waals surface area contributed by atoms with Gasteiger partial charge in [-0.3, -0.25) is 0 Å². The van der Waals surface area contributed by atoms with Crippen molar-refractivity contribution in [1.82, 2.24) is 0 Å². The summed E-state index contributed by atoms with van der Waals surface area (Å²) in [7, 11) is 1.31. The van der Waals surface area contributed by atoms with Gasteiger partial charge in [-0.1, -0.05) is 192 Å². The number of esters is 1. The van der Waals surface area contributed by atoms with Gasteiger partial charge in [-0.2, -0.15) is 52.7 Å². The van der Waals surface area contributed by atoms with E-state index in [1.165, 1.54) is 68.1 Å². The third-order valence-electron chi connectivity index (χ3n) is 19.3. The fourth-order valence-corrected chi connectivity index (χ4v) is 10.2. The van der Waals surface area contributed by atoms with E-state index < -0.39 is 88.9 Å². The van der Waals surface area contributed by atoms with Crippen molar-refractivity contribution in [2.75, 3.05) is 13.7 Å². The van der Waals surface area contributed by atoms with Gasteiger partial charge >= 0.3 is 36.8 Å². The Balaban J connectivity index is 0.000000679. The molecule has 5 aromatic rings. The molecule has 0 saturated carbocycles. The van der Waals surface area contributed by atoms with Gasteiger partial charge in [0.2, 0.25) is 5.60 Å². The summed E-state index contributed by atoms with van der Waals surface area (Å²) in [5.41, 5.74) is -7.15. The monoisotopic (exact) mass is 1550 g/mol. The standard InChI is InChI=1S/C19H27F3O3.C18H25F3O3.C17H25F3O.C16H23F3O2.C16H26O/c1-7-13(2)14-8-10-15(11-9-14)18(6,19(20,21)22)24-12-16(23)25-17(3,4)5;1-7-12(2)13-8-10-14(11-9-13)17(6,18(19,20)21)24-15(22)23-16(3,4)5;1-7-12(2)13-8-10-14(11-9-13)16(6,17(18,19)20)21-15(3,4)5;1-6-11(2)13-7-9-14(10-8-13)15(4,16(17,18)19)21-12(3)20-5;1-7-15(3,4)13-9-11-14(12-10-13)17-16(5,6)8-2/h8-11,13H,7,12H2,1-6H3;8-12H,7H2,1-6H3;8-12H,7H2,1-6H3;7-12H,6H2,1-5H3;9-12H,7-8H2,1-6H3. The van der Waals surface area contributed by atoms with Crippen LogP contribution in [-0.4, -0.2) is 79.2 Å². The van der Waals surface area contributed by atoms with E-state index in [1.54, 1.807) is 111 Å². The molecule has 0 aliphatic carbocycles. The van der Waals surface area contributed by atoms with Crippen LogP contribution in [0.3, 0.4) is 0 Å². The smallest absolute Gasteiger partial charge is 0.488 e. The molecule has 614 valence electrons. The third kappa shape index (κ3) is 30.4. The number of hydrogen-bond donors (Lipinski definition) is 0. The van der Waals surface area contributed by atoms with Crippen LogP contribution in [-0.2, 0) is 65.8 Å². The lowest BCUT2D eigenvalue weighted by Crippen LogP contribution is -2.46. The van der Waals surface area contributed by atoms with Crippen LogP contribution in [0.1, 0.15) is 306 Å². The molecule has 0 heterocycles. The fourth-order valence-electron chi connectivity index (χ4n) is 10.2. The number of ether oxygens (including phenoxy) is 8. The number of halogens is 12. The molecule has 0 radical (unpaired) electrons. The lowest BCUT2D eigenvalue weighted by Gasteiger charge is -2.38. The largest absolute Gasteiger partial charge is 0.510 e. The van der Waals surface area contributed by atoms with Gasteiger partial charge in [-0.25, -0.2) is 9.59 Å². The van der Waals surface area contributed by atoms with E-state index in [2.05, 4.69) is 79.7 Å². The van der Waals surface area contributed by atoms with Crippen LogP contribution in [0.4, 0.5) is 57.5 Å². The van der Waals surface area contributed by atoms with E-state index >= 15 is 0 Å². The molecular formula is C86H126F12O10. The molecule has 108 heavy (non-hydrogen) atoms. The molecule has 0 aliphatic rings. The number of benzene rings is 5. The van der Waals surface area contributed by atoms with Gasteiger partial charge in [0.05, 0.1) is 5.60 Å². The Bertz CT molecular complexity index is 3440. The Morgan fingerprint density at radius 1 is 0.352 bits per heavy atom. The minimum Gasteiger partial charge on any atom is -0.488 e. The molecule has 0 saturated heterocycles. The topological polar surface area (TPSA) is 108 Å². The van der Waals surface area contributed by atoms with Gasteiger partial charge < -0.3 is 37.9 Å². The minimum atomic E-state index is -4.78. The maximum absolute atomic E-state index is 13.6. The van der Waals surface area contributed by atoms with Gasteiger partial charge in [-0.15, -0.1) is 0 Å². The van der Waals surface area contributed by atoms with Crippen LogP contribution in [0.15, 0.2) is 121 Å². The summed E-state index contributed by atoms with van der Waals surface area (Å²) in [6.45, 7) is 48.4. The van der Waals surface area contributed by atoms with E-state index in [-0.39, 0.29) is 45.1 Å². The Labute approximate surface area is 637 Å². The van der Waals surface area contributed by atoms with Crippen molar-refractivity contribution < 1.29 is 100 Å². The summed E-state index contributed by atoms with van der Waals surface area (Å²) in [4.78, 5) is 23.5. The van der Waals surface area contributed by atoms with Gasteiger partial charge in [0, 0.05) is 12.7 Å². The second-order valence-corrected chi connectivity index (χ2v) is 32.4. The quantitative estimate of drug-likeness (QED) is 0.0318. The Hall–Kier alpha value is -6.36. The van der Waals surface area contributed by atoms with E-state index in [0.29, 0.717) is 11.8 Å². The number of carbonyl (C=O) groups excluding carboxylic acids is 2. The molecule has 0 bridgehead atoms. The molecule has 9 atom stereocenters. The summed E-state index contributed by atoms with van der Waals surface area (Å²) >= 11 is 0. The number of alkyl halides is 12. The summed E-state index contributed by atoms with van der Waals surface area (Å²) in [5, 5.41) is 0. The summed E-state index contributed by atoms with van der Waals surface area (Å²) in [6, 6.07) is 33.7. The zero-order valence-corrected chi connectivity index (χ0v) is 69.5. The average molecular weight is 1550 g/mol. The van der Waals surface area contributed by atoms with Crippen LogP contribution in [0, 0.1) is 0 Å². The lowest BCUT2D eigenvalue weighted by molar-refractivity contribution is -0.317. The van der Waals surface area contributed by atoms with Crippen molar-refractivity contribution >= 4 is 12.1 Å². The van der Waals surface area contributed by atoms with Crippen molar-refractivity contribution in [2.24, 2.45) is 0 Å². The fraction of sp³-hybridized carbons (Fsp3) is 0.628. The van der Waals surface area contributed by atoms with Gasteiger partial charge in [-0.05, 0) is 235 Å². The SMILES string of the molecule is CCC(C)(C)Oc1ccc(C(C)(C)CC)cc1.CCC(C)c1ccc(C(C)(OC(=O)OC(C)(C)C)C(F)(F)F)cc1.CCC(C)c1ccc(C(C)(OC(C)(C)C)C(F)(F)F)cc1.CCC(C)c1ccc(C(C)(OC(C)OC)C(F)(F)F)cc1.CCC(C)c1ccc(C(C)(OCC(=O)OC(C)(C)C)C(F)(F)F)cc1. The van der Waals surface area contributed by atoms with Crippen molar-refractivity contribution in [3.05, 3.63) is 171 Å². The van der Waals surface area contributed by atoms with Crippen molar-refractivity contribution in [3.8, 4) is 5.75 Å². The summed E-state index contributed by atoms with van der Waals surface area (Å²) in [6.07, 6.45) is -14.9. The van der Waals surface area contributed by atoms with Gasteiger partial charge in [0.1, 0.15) is 29.2 Å². The predicted octanol–water partition coefficient (Wildman–Crippen LogP) is 27.0. The number of carbonyl (C=O) groups is 2. The maximum atomic E-state index is 13.6. The second-order valence-electron chi connectivity index (χ2n) is 32.4. The molecule has 9 unspecified atom stereocenters. The lowest BCUT2D eigenvalue weighted by atomic mass is 9.82. The van der Waals surface area contributed by atoms with Gasteiger partial charge in [0.25, 0.3) is 0 Å². The molecule has 0 spiro atoms. The first-order valence-corrected chi connectivity index (χ1v) is 37.1. The highest BCUT2D eigenvalue weighted by atomic mass is 19.4. The summed E-state index contributed by atoms with van der Waals surface area (Å²) in [5.74, 6) is 1.28. The van der Waals surface area contributed by atoms with Gasteiger partial charge in [0.15, 0.2) is 23.1 Å². The highest BCUT2D eigenvalue weighted by Crippen LogP contribution is 2.48. The van der Waals surface area contributed by atoms with Crippen molar-refractivity contribution in [1.29, 1.82) is 0 Å². The van der Waals surface area contributed by atoms with Crippen LogP contribution in [0.25, 0.3) is 0 Å². The number of hydrogen-bond acceptors (Lipinski definition) is 10. The molecule has 22 heteroatoms. The zero-order valence-electron chi connectivity index (χ0n) is 69.5. The van der Waals surface area contributed by atoms with E-state index in [1.807, 2.05) is 41.5 Å². The van der Waals surface area contributed by atoms with Crippen LogP contribution >= 0.6 is 0 Å². The molecule has 5 aromatic carbocycles. The normalized spacial score (nSPS) is 16.2. The molecule has 0 N–H and O–H groups in total. The Morgan fingerprint density at radius 2 is 0.648 bits per heavy atom. The maximum Gasteiger partial charge on any atom is 0.510 e. The van der Waals surface area contributed by atoms with Crippen LogP contribution in [0.5, 0.6) is 5.75 Å². The van der Waals surface area contributed by atoms with Crippen LogP contribution < -0.4 is 4.74 Å². The Morgan fingerprint density at radius 3 is 0.917 bits per heavy atom. The third-order valence-corrected chi connectivity index (χ3v) is 19.3. The number of methoxy groups -OCH3 is 1. The molecule has 10 nitrogen and oxygen atoms in total. The van der Waals surface area contributed by atoms with E-state index in [9.17, 15) is 62.3 Å². The van der Waals surface area contributed by atoms with E-state index in [4.69, 9.17) is 37.9 Å². The molecular weight excluding hydrogens is 1420 g/mol. The minimum absolute atomic E-state index is 0.0457. The first-order valence-electron chi connectivity index (χ1n) is 37.1. The molecule has 0 aliphatic heterocycles. The highest BCUT2D eigenvalue weighted by molar-refractivity contribution is 5.71. The molecule has 5 rings (SSSR count). The average Bonchev–Trinajstić information content (AvgIpc) is 0.723. The second kappa shape index (κ2) is 40.2.